The van der Waals surface area contributed by atoms with Gasteiger partial charge in [0.25, 0.3) is 5.91 Å². The fourth-order valence-corrected chi connectivity index (χ4v) is 3.10. The molecule has 0 saturated carbocycles. The Kier molecular flexibility index (Phi) is 4.96. The first-order chi connectivity index (χ1) is 14.0. The first-order valence-corrected chi connectivity index (χ1v) is 9.16. The molecule has 1 amide bonds. The maximum Gasteiger partial charge on any atom is 0.282 e. The zero-order valence-corrected chi connectivity index (χ0v) is 16.1. The normalized spacial score (nSPS) is 15.0. The molecule has 1 aliphatic rings. The molecule has 0 radical (unpaired) electrons. The molecule has 144 valence electrons. The molecule has 0 bridgehead atoms. The molecule has 0 atom stereocenters. The lowest BCUT2D eigenvalue weighted by Crippen LogP contribution is -2.32. The number of rotatable bonds is 4. The predicted octanol–water partition coefficient (Wildman–Crippen LogP) is 4.98. The van der Waals surface area contributed by atoms with Crippen molar-refractivity contribution in [3.63, 3.8) is 0 Å². The summed E-state index contributed by atoms with van der Waals surface area (Å²) in [5.41, 5.74) is 3.62. The molecule has 4 nitrogen and oxygen atoms in total. The molecule has 1 aliphatic heterocycles. The van der Waals surface area contributed by atoms with E-state index in [2.05, 4.69) is 4.99 Å². The summed E-state index contributed by atoms with van der Waals surface area (Å²) in [6.45, 7) is 1.99. The SMILES string of the molecule is COc1ccc(/C=C2/N=C(c3ccc(F)cc3)N(c3ccc(C)cc3)C2=O)cc1. The van der Waals surface area contributed by atoms with Crippen LogP contribution in [-0.4, -0.2) is 18.9 Å². The molecule has 0 aliphatic carbocycles. The van der Waals surface area contributed by atoms with E-state index in [9.17, 15) is 9.18 Å². The first-order valence-electron chi connectivity index (χ1n) is 9.16. The van der Waals surface area contributed by atoms with Gasteiger partial charge in [0.05, 0.1) is 12.8 Å². The zero-order valence-electron chi connectivity index (χ0n) is 16.1. The molecule has 0 spiro atoms. The molecule has 0 aromatic heterocycles. The van der Waals surface area contributed by atoms with Gasteiger partial charge in [-0.25, -0.2) is 9.38 Å². The van der Waals surface area contributed by atoms with E-state index in [0.717, 1.165) is 16.9 Å². The van der Waals surface area contributed by atoms with Crippen molar-refractivity contribution in [1.82, 2.24) is 0 Å². The average Bonchev–Trinajstić information content (AvgIpc) is 3.06. The summed E-state index contributed by atoms with van der Waals surface area (Å²) in [5, 5.41) is 0. The molecule has 0 fully saturated rings. The second kappa shape index (κ2) is 7.72. The van der Waals surface area contributed by atoms with Gasteiger partial charge in [-0.1, -0.05) is 29.8 Å². The molecule has 4 rings (SSSR count). The Bertz CT molecular complexity index is 1100. The largest absolute Gasteiger partial charge is 0.497 e. The van der Waals surface area contributed by atoms with E-state index >= 15 is 0 Å². The fraction of sp³-hybridized carbons (Fsp3) is 0.0833. The Labute approximate surface area is 168 Å². The number of halogens is 1. The average molecular weight is 386 g/mol. The molecule has 0 N–H and O–H groups in total. The predicted molar refractivity (Wildman–Crippen MR) is 113 cm³/mol. The molecule has 1 heterocycles. The third kappa shape index (κ3) is 3.80. The van der Waals surface area contributed by atoms with E-state index in [0.29, 0.717) is 22.8 Å². The summed E-state index contributed by atoms with van der Waals surface area (Å²) >= 11 is 0. The van der Waals surface area contributed by atoms with Gasteiger partial charge in [0, 0.05) is 5.56 Å². The minimum Gasteiger partial charge on any atom is -0.497 e. The van der Waals surface area contributed by atoms with Crippen LogP contribution in [0.5, 0.6) is 5.75 Å². The molecule has 29 heavy (non-hydrogen) atoms. The van der Waals surface area contributed by atoms with Gasteiger partial charge in [-0.05, 0) is 67.1 Å². The number of carbonyl (C=O) groups is 1. The number of amides is 1. The van der Waals surface area contributed by atoms with Crippen molar-refractivity contribution >= 4 is 23.5 Å². The maximum absolute atomic E-state index is 13.4. The minimum absolute atomic E-state index is 0.232. The van der Waals surface area contributed by atoms with Gasteiger partial charge in [-0.3, -0.25) is 9.69 Å². The van der Waals surface area contributed by atoms with E-state index < -0.39 is 0 Å². The topological polar surface area (TPSA) is 41.9 Å². The molecule has 5 heteroatoms. The number of carbonyl (C=O) groups excluding carboxylic acids is 1. The second-order valence-corrected chi connectivity index (χ2v) is 6.72. The van der Waals surface area contributed by atoms with E-state index in [1.165, 1.54) is 12.1 Å². The number of aryl methyl sites for hydroxylation is 1. The highest BCUT2D eigenvalue weighted by Crippen LogP contribution is 2.28. The first kappa shape index (κ1) is 18.6. The van der Waals surface area contributed by atoms with E-state index in [4.69, 9.17) is 4.74 Å². The highest BCUT2D eigenvalue weighted by molar-refractivity contribution is 6.33. The van der Waals surface area contributed by atoms with Gasteiger partial charge in [0.2, 0.25) is 0 Å². The standard InChI is InChI=1S/C24H19FN2O2/c1-16-3-11-20(12-4-16)27-23(18-7-9-19(25)10-8-18)26-22(24(27)28)15-17-5-13-21(29-2)14-6-17/h3-15H,1-2H3/b22-15+. The van der Waals surface area contributed by atoms with Crippen molar-refractivity contribution in [3.05, 3.63) is 101 Å². The lowest BCUT2D eigenvalue weighted by Gasteiger charge is -2.18. The maximum atomic E-state index is 13.4. The number of ether oxygens (including phenoxy) is 1. The minimum atomic E-state index is -0.338. The molecule has 0 saturated heterocycles. The van der Waals surface area contributed by atoms with Crippen LogP contribution in [0, 0.1) is 12.7 Å². The Hall–Kier alpha value is -3.73. The number of hydrogen-bond donors (Lipinski definition) is 0. The van der Waals surface area contributed by atoms with Crippen LogP contribution in [0.1, 0.15) is 16.7 Å². The highest BCUT2D eigenvalue weighted by Gasteiger charge is 2.32. The number of anilines is 1. The summed E-state index contributed by atoms with van der Waals surface area (Å²) in [4.78, 5) is 19.4. The van der Waals surface area contributed by atoms with Gasteiger partial charge < -0.3 is 4.74 Å². The summed E-state index contributed by atoms with van der Waals surface area (Å²) in [5.74, 6) is 0.638. The lowest BCUT2D eigenvalue weighted by atomic mass is 10.1. The third-order valence-electron chi connectivity index (χ3n) is 4.67. The van der Waals surface area contributed by atoms with Crippen LogP contribution in [0.25, 0.3) is 6.08 Å². The van der Waals surface area contributed by atoms with Gasteiger partial charge >= 0.3 is 0 Å². The van der Waals surface area contributed by atoms with Crippen LogP contribution in [-0.2, 0) is 4.79 Å². The second-order valence-electron chi connectivity index (χ2n) is 6.72. The molecule has 3 aromatic rings. The van der Waals surface area contributed by atoms with E-state index in [1.54, 1.807) is 30.2 Å². The summed E-state index contributed by atoms with van der Waals surface area (Å²) in [7, 11) is 1.60. The van der Waals surface area contributed by atoms with Crippen molar-refractivity contribution in [2.75, 3.05) is 12.0 Å². The van der Waals surface area contributed by atoms with Gasteiger partial charge in [0.1, 0.15) is 23.1 Å². The van der Waals surface area contributed by atoms with Crippen molar-refractivity contribution in [3.8, 4) is 5.75 Å². The van der Waals surface area contributed by atoms with Crippen LogP contribution < -0.4 is 9.64 Å². The van der Waals surface area contributed by atoms with Crippen molar-refractivity contribution < 1.29 is 13.9 Å². The number of benzene rings is 3. The van der Waals surface area contributed by atoms with Crippen molar-refractivity contribution in [2.24, 2.45) is 4.99 Å². The van der Waals surface area contributed by atoms with Gasteiger partial charge in [-0.15, -0.1) is 0 Å². The number of methoxy groups -OCH3 is 1. The Balaban J connectivity index is 1.78. The summed E-state index contributed by atoms with van der Waals surface area (Å²) in [6.07, 6.45) is 1.74. The third-order valence-corrected chi connectivity index (χ3v) is 4.67. The Morgan fingerprint density at radius 3 is 2.21 bits per heavy atom. The number of aliphatic imine (C=N–C) groups is 1. The van der Waals surface area contributed by atoms with Crippen LogP contribution in [0.3, 0.4) is 0 Å². The fourth-order valence-electron chi connectivity index (χ4n) is 3.10. The summed E-state index contributed by atoms with van der Waals surface area (Å²) < 4.78 is 18.6. The van der Waals surface area contributed by atoms with Crippen molar-refractivity contribution in [1.29, 1.82) is 0 Å². The van der Waals surface area contributed by atoms with Gasteiger partial charge in [0.15, 0.2) is 0 Å². The number of amidine groups is 1. The quantitative estimate of drug-likeness (QED) is 0.594. The van der Waals surface area contributed by atoms with Crippen LogP contribution in [0.15, 0.2) is 83.5 Å². The zero-order chi connectivity index (χ0) is 20.4. The molecule has 3 aromatic carbocycles. The molecule has 0 unspecified atom stereocenters. The Morgan fingerprint density at radius 1 is 0.931 bits per heavy atom. The van der Waals surface area contributed by atoms with Crippen LogP contribution >= 0.6 is 0 Å². The Morgan fingerprint density at radius 2 is 1.59 bits per heavy atom. The van der Waals surface area contributed by atoms with E-state index in [1.807, 2.05) is 55.5 Å². The highest BCUT2D eigenvalue weighted by atomic mass is 19.1. The van der Waals surface area contributed by atoms with Crippen molar-refractivity contribution in [2.45, 2.75) is 6.92 Å². The lowest BCUT2D eigenvalue weighted by molar-refractivity contribution is -0.113. The molecular formula is C24H19FN2O2. The number of hydrogen-bond acceptors (Lipinski definition) is 3. The summed E-state index contributed by atoms with van der Waals surface area (Å²) in [6, 6.07) is 21.0. The van der Waals surface area contributed by atoms with Crippen LogP contribution in [0.4, 0.5) is 10.1 Å². The van der Waals surface area contributed by atoms with Crippen LogP contribution in [0.2, 0.25) is 0 Å². The van der Waals surface area contributed by atoms with E-state index in [-0.39, 0.29) is 11.7 Å². The molecular weight excluding hydrogens is 367 g/mol. The number of nitrogens with zero attached hydrogens (tertiary/aromatic N) is 2. The monoisotopic (exact) mass is 386 g/mol. The smallest absolute Gasteiger partial charge is 0.282 e. The van der Waals surface area contributed by atoms with Gasteiger partial charge in [-0.2, -0.15) is 0 Å².